The van der Waals surface area contributed by atoms with Crippen molar-refractivity contribution in [3.8, 4) is 34.9 Å². The van der Waals surface area contributed by atoms with Gasteiger partial charge in [0.15, 0.2) is 0 Å². The van der Waals surface area contributed by atoms with E-state index < -0.39 is 0 Å². The Balaban J connectivity index is 1.05. The lowest BCUT2D eigenvalue weighted by molar-refractivity contribution is 0.00503. The van der Waals surface area contributed by atoms with E-state index in [0.717, 1.165) is 63.1 Å². The zero-order valence-corrected chi connectivity index (χ0v) is 25.8. The molecule has 242 valence electrons. The van der Waals surface area contributed by atoms with Gasteiger partial charge in [0.1, 0.15) is 36.2 Å². The molecular weight excluding hydrogens is 604 g/mol. The predicted molar refractivity (Wildman–Crippen MR) is 166 cm³/mol. The van der Waals surface area contributed by atoms with Gasteiger partial charge in [0.25, 0.3) is 5.88 Å². The number of oxazole rings is 1. The molecule has 16 nitrogen and oxygen atoms in total. The normalized spacial score (nSPS) is 19.1. The number of rotatable bonds is 11. The Labute approximate surface area is 270 Å². The monoisotopic (exact) mass is 638 g/mol. The van der Waals surface area contributed by atoms with Crippen molar-refractivity contribution in [2.45, 2.75) is 57.3 Å². The number of morpholine rings is 1. The molecule has 1 N–H and O–H groups in total. The third-order valence-corrected chi connectivity index (χ3v) is 8.39. The van der Waals surface area contributed by atoms with E-state index in [1.54, 1.807) is 29.2 Å². The Hall–Kier alpha value is -5.40. The first-order valence-corrected chi connectivity index (χ1v) is 15.6. The van der Waals surface area contributed by atoms with E-state index in [4.69, 9.17) is 23.7 Å². The average Bonchev–Trinajstić information content (AvgIpc) is 3.90. The maximum atomic E-state index is 9.65. The van der Waals surface area contributed by atoms with Gasteiger partial charge >= 0.3 is 6.08 Å². The van der Waals surface area contributed by atoms with E-state index in [1.165, 1.54) is 18.8 Å². The van der Waals surface area contributed by atoms with Gasteiger partial charge < -0.3 is 23.9 Å². The molecule has 47 heavy (non-hydrogen) atoms. The summed E-state index contributed by atoms with van der Waals surface area (Å²) in [7, 11) is 0. The van der Waals surface area contributed by atoms with Crippen LogP contribution in [0, 0.1) is 11.3 Å². The van der Waals surface area contributed by atoms with E-state index in [0.29, 0.717) is 41.4 Å². The highest BCUT2D eigenvalue weighted by Crippen LogP contribution is 2.36. The summed E-state index contributed by atoms with van der Waals surface area (Å²) >= 11 is 0. The molecule has 0 spiro atoms. The smallest absolute Gasteiger partial charge is 0.400 e. The van der Waals surface area contributed by atoms with Crippen LogP contribution in [0.3, 0.4) is 0 Å². The van der Waals surface area contributed by atoms with Crippen LogP contribution in [0.4, 0.5) is 11.6 Å². The molecule has 2 aliphatic rings. The molecule has 1 saturated carbocycles. The number of nitriles is 1. The second kappa shape index (κ2) is 13.9. The SMILES string of the molecule is C[C@@H](Cn1cnnn1)Oc1cc(-c2cnc(Nc3cn(C4CCC(N5CCOCC5)CC4)nc3Oc3ncco3)nc2)ccc1C#N. The molecule has 5 aromatic rings. The van der Waals surface area contributed by atoms with E-state index in [2.05, 4.69) is 46.8 Å². The first-order chi connectivity index (χ1) is 23.1. The van der Waals surface area contributed by atoms with Gasteiger partial charge in [-0.25, -0.2) is 14.6 Å². The van der Waals surface area contributed by atoms with Crippen molar-refractivity contribution in [3.05, 3.63) is 61.1 Å². The molecule has 5 heterocycles. The molecule has 2 fully saturated rings. The van der Waals surface area contributed by atoms with Gasteiger partial charge in [-0.3, -0.25) is 9.58 Å². The average molecular weight is 639 g/mol. The molecule has 7 rings (SSSR count). The summed E-state index contributed by atoms with van der Waals surface area (Å²) in [4.78, 5) is 15.8. The van der Waals surface area contributed by atoms with Crippen LogP contribution in [0.5, 0.6) is 17.7 Å². The zero-order valence-electron chi connectivity index (χ0n) is 25.8. The Morgan fingerprint density at radius 3 is 2.60 bits per heavy atom. The second-order valence-electron chi connectivity index (χ2n) is 11.5. The Bertz CT molecular complexity index is 1770. The third-order valence-electron chi connectivity index (χ3n) is 8.39. The van der Waals surface area contributed by atoms with Crippen LogP contribution in [0.2, 0.25) is 0 Å². The fraction of sp³-hybridized carbons (Fsp3) is 0.419. The van der Waals surface area contributed by atoms with E-state index in [9.17, 15) is 5.26 Å². The minimum atomic E-state index is -0.280. The van der Waals surface area contributed by atoms with E-state index in [-0.39, 0.29) is 18.2 Å². The Kier molecular flexibility index (Phi) is 8.97. The number of tetrazole rings is 1. The topological polar surface area (TPSA) is 180 Å². The van der Waals surface area contributed by atoms with Gasteiger partial charge in [0.05, 0.1) is 43.8 Å². The lowest BCUT2D eigenvalue weighted by Gasteiger charge is -2.38. The molecule has 0 bridgehead atoms. The summed E-state index contributed by atoms with van der Waals surface area (Å²) in [5.74, 6) is 1.13. The zero-order chi connectivity index (χ0) is 32.0. The highest BCUT2D eigenvalue weighted by molar-refractivity contribution is 5.67. The number of nitrogens with one attached hydrogen (secondary N) is 1. The molecule has 0 radical (unpaired) electrons. The van der Waals surface area contributed by atoms with E-state index >= 15 is 0 Å². The summed E-state index contributed by atoms with van der Waals surface area (Å²) in [5, 5.41) is 28.8. The summed E-state index contributed by atoms with van der Waals surface area (Å²) in [6.07, 6.45) is 13.9. The quantitative estimate of drug-likeness (QED) is 0.219. The van der Waals surface area contributed by atoms with Gasteiger partial charge in [0.2, 0.25) is 5.95 Å². The van der Waals surface area contributed by atoms with E-state index in [1.807, 2.05) is 23.9 Å². The number of aromatic nitrogens is 9. The number of anilines is 2. The van der Waals surface area contributed by atoms with Crippen LogP contribution in [0.1, 0.15) is 44.2 Å². The molecule has 1 aliphatic heterocycles. The Morgan fingerprint density at radius 1 is 1.06 bits per heavy atom. The van der Waals surface area contributed by atoms with Crippen LogP contribution in [-0.4, -0.2) is 88.3 Å². The summed E-state index contributed by atoms with van der Waals surface area (Å²) < 4.78 is 26.4. The maximum Gasteiger partial charge on any atom is 0.400 e. The Morgan fingerprint density at radius 2 is 1.87 bits per heavy atom. The molecule has 1 aliphatic carbocycles. The van der Waals surface area contributed by atoms with Gasteiger partial charge in [-0.05, 0) is 60.7 Å². The predicted octanol–water partition coefficient (Wildman–Crippen LogP) is 4.01. The van der Waals surface area contributed by atoms with Crippen LogP contribution < -0.4 is 14.8 Å². The van der Waals surface area contributed by atoms with Crippen molar-refractivity contribution < 1.29 is 18.6 Å². The van der Waals surface area contributed by atoms with Crippen molar-refractivity contribution >= 4 is 11.6 Å². The fourth-order valence-electron chi connectivity index (χ4n) is 6.03. The minimum absolute atomic E-state index is 0.0942. The van der Waals surface area contributed by atoms with Gasteiger partial charge in [-0.15, -0.1) is 10.2 Å². The maximum absolute atomic E-state index is 9.65. The summed E-state index contributed by atoms with van der Waals surface area (Å²) in [5.41, 5.74) is 2.56. The first kappa shape index (κ1) is 30.3. The molecule has 16 heteroatoms. The van der Waals surface area contributed by atoms with Crippen LogP contribution in [0.25, 0.3) is 11.1 Å². The van der Waals surface area contributed by atoms with Crippen LogP contribution in [-0.2, 0) is 11.3 Å². The van der Waals surface area contributed by atoms with Crippen molar-refractivity contribution in [1.82, 2.24) is 49.8 Å². The lowest BCUT2D eigenvalue weighted by atomic mass is 9.90. The molecule has 1 saturated heterocycles. The summed E-state index contributed by atoms with van der Waals surface area (Å²) in [6.45, 7) is 5.94. The van der Waals surface area contributed by atoms with Crippen molar-refractivity contribution in [3.63, 3.8) is 0 Å². The highest BCUT2D eigenvalue weighted by Gasteiger charge is 2.29. The summed E-state index contributed by atoms with van der Waals surface area (Å²) in [6, 6.07) is 8.37. The van der Waals surface area contributed by atoms with Gasteiger partial charge in [-0.2, -0.15) is 10.2 Å². The fourth-order valence-corrected chi connectivity index (χ4v) is 6.03. The molecular formula is C31H34N12O4. The van der Waals surface area contributed by atoms with Crippen molar-refractivity contribution in [1.29, 1.82) is 5.26 Å². The van der Waals surface area contributed by atoms with Crippen molar-refractivity contribution in [2.24, 2.45) is 0 Å². The number of benzene rings is 1. The van der Waals surface area contributed by atoms with Crippen molar-refractivity contribution in [2.75, 3.05) is 31.6 Å². The molecule has 1 atom stereocenters. The number of nitrogens with zero attached hydrogens (tertiary/aromatic N) is 11. The molecule has 0 unspecified atom stereocenters. The third kappa shape index (κ3) is 7.21. The second-order valence-corrected chi connectivity index (χ2v) is 11.5. The van der Waals surface area contributed by atoms with Gasteiger partial charge in [0, 0.05) is 37.1 Å². The number of hydrogen-bond donors (Lipinski definition) is 1. The number of hydrogen-bond acceptors (Lipinski definition) is 14. The largest absolute Gasteiger partial charge is 0.487 e. The molecule has 0 amide bonds. The number of ether oxygens (including phenoxy) is 3. The standard InChI is InChI=1S/C31H34N12O4/c1-21(18-42-20-36-39-40-42)46-28-14-22(2-3-23(28)15-32)24-16-34-30(35-17-24)37-27-19-43(38-29(27)47-31-33-8-11-45-31)26-6-4-25(5-7-26)41-9-12-44-13-10-41/h2-3,8,11,14,16-17,19-21,25-26H,4-7,9-10,12-13,18H2,1H3,(H,34,35,37)/t21-,25?,26?/m0/s1. The van der Waals surface area contributed by atoms with Crippen LogP contribution in [0.15, 0.2) is 60.0 Å². The molecule has 1 aromatic carbocycles. The van der Waals surface area contributed by atoms with Gasteiger partial charge in [-0.1, -0.05) is 6.07 Å². The molecule has 4 aromatic heterocycles. The first-order valence-electron chi connectivity index (χ1n) is 15.6. The lowest BCUT2D eigenvalue weighted by Crippen LogP contribution is -2.45. The highest BCUT2D eigenvalue weighted by atomic mass is 16.6. The minimum Gasteiger partial charge on any atom is -0.487 e. The van der Waals surface area contributed by atoms with Crippen LogP contribution >= 0.6 is 0 Å².